The van der Waals surface area contributed by atoms with E-state index in [4.69, 9.17) is 4.74 Å². The Morgan fingerprint density at radius 1 is 1.10 bits per heavy atom. The Kier molecular flexibility index (Phi) is 6.10. The minimum absolute atomic E-state index is 0.105. The molecule has 0 saturated heterocycles. The van der Waals surface area contributed by atoms with Crippen molar-refractivity contribution >= 4 is 34.3 Å². The molecule has 4 aromatic rings. The number of carbonyl (C=O) groups is 1. The van der Waals surface area contributed by atoms with Gasteiger partial charge in [-0.25, -0.2) is 0 Å². The summed E-state index contributed by atoms with van der Waals surface area (Å²) in [5.41, 5.74) is 4.27. The van der Waals surface area contributed by atoms with E-state index >= 15 is 0 Å². The molecule has 0 fully saturated rings. The molecule has 0 aliphatic carbocycles. The molecule has 0 radical (unpaired) electrons. The maximum absolute atomic E-state index is 11.4. The lowest BCUT2D eigenvalue weighted by atomic mass is 10.0. The Bertz CT molecular complexity index is 1130. The molecule has 5 nitrogen and oxygen atoms in total. The van der Waals surface area contributed by atoms with E-state index in [0.717, 1.165) is 35.3 Å². The highest BCUT2D eigenvalue weighted by Gasteiger charge is 2.11. The largest absolute Gasteiger partial charge is 0.466 e. The van der Waals surface area contributed by atoms with Gasteiger partial charge >= 0.3 is 5.97 Å². The summed E-state index contributed by atoms with van der Waals surface area (Å²) in [4.78, 5) is 12.6. The molecule has 0 spiro atoms. The highest BCUT2D eigenvalue weighted by molar-refractivity contribution is 7.99. The zero-order valence-electron chi connectivity index (χ0n) is 16.4. The predicted octanol–water partition coefficient (Wildman–Crippen LogP) is 5.38. The number of rotatable bonds is 8. The number of hydrogen-bond acceptors (Lipinski definition) is 5. The van der Waals surface area contributed by atoms with Crippen molar-refractivity contribution in [1.82, 2.24) is 14.6 Å². The summed E-state index contributed by atoms with van der Waals surface area (Å²) in [5, 5.41) is 9.54. The number of thioether (sulfide) groups is 1. The summed E-state index contributed by atoms with van der Waals surface area (Å²) in [6.07, 6.45) is 4.09. The number of ether oxygens (including phenoxy) is 1. The predicted molar refractivity (Wildman–Crippen MR) is 117 cm³/mol. The molecule has 0 aliphatic rings. The normalized spacial score (nSPS) is 11.2. The second-order valence-electron chi connectivity index (χ2n) is 6.77. The number of fused-ring (bicyclic) bond motifs is 3. The average Bonchev–Trinajstić information content (AvgIpc) is 3.23. The van der Waals surface area contributed by atoms with Crippen molar-refractivity contribution < 1.29 is 9.53 Å². The van der Waals surface area contributed by atoms with Gasteiger partial charge in [0.15, 0.2) is 5.65 Å². The monoisotopic (exact) mass is 405 g/mol. The van der Waals surface area contributed by atoms with E-state index in [0.29, 0.717) is 13.0 Å². The Morgan fingerprint density at radius 3 is 2.79 bits per heavy atom. The average molecular weight is 406 g/mol. The van der Waals surface area contributed by atoms with Crippen LogP contribution in [0, 0.1) is 0 Å². The van der Waals surface area contributed by atoms with Crippen LogP contribution in [0.15, 0.2) is 65.8 Å². The Hall–Kier alpha value is -2.86. The summed E-state index contributed by atoms with van der Waals surface area (Å²) in [6.45, 7) is 2.29. The zero-order valence-corrected chi connectivity index (χ0v) is 17.2. The van der Waals surface area contributed by atoms with Gasteiger partial charge < -0.3 is 4.74 Å². The fourth-order valence-corrected chi connectivity index (χ4v) is 4.36. The number of benzene rings is 2. The fourth-order valence-electron chi connectivity index (χ4n) is 3.41. The number of esters is 1. The maximum atomic E-state index is 11.4. The van der Waals surface area contributed by atoms with Gasteiger partial charge in [-0.3, -0.25) is 9.20 Å². The summed E-state index contributed by atoms with van der Waals surface area (Å²) in [6, 6.07) is 19.0. The first-order valence-electron chi connectivity index (χ1n) is 9.86. The zero-order chi connectivity index (χ0) is 20.1. The van der Waals surface area contributed by atoms with Gasteiger partial charge in [0.25, 0.3) is 0 Å². The van der Waals surface area contributed by atoms with Crippen LogP contribution in [-0.4, -0.2) is 32.9 Å². The van der Waals surface area contributed by atoms with Gasteiger partial charge in [-0.2, -0.15) is 0 Å². The van der Waals surface area contributed by atoms with Crippen LogP contribution in [0.1, 0.15) is 26.2 Å². The number of hydrogen-bond donors (Lipinski definition) is 0. The Balaban J connectivity index is 1.55. The SMILES string of the molecule is CCOC(=O)CCCCSc1ccc2c(-c3ccccc3)cc3nncn3c2c1. The lowest BCUT2D eigenvalue weighted by Gasteiger charge is -2.11. The van der Waals surface area contributed by atoms with E-state index in [9.17, 15) is 4.79 Å². The molecule has 0 unspecified atom stereocenters. The van der Waals surface area contributed by atoms with Crippen LogP contribution in [0.3, 0.4) is 0 Å². The van der Waals surface area contributed by atoms with E-state index < -0.39 is 0 Å². The van der Waals surface area contributed by atoms with Crippen molar-refractivity contribution in [3.8, 4) is 11.1 Å². The molecular weight excluding hydrogens is 382 g/mol. The van der Waals surface area contributed by atoms with Gasteiger partial charge in [0.05, 0.1) is 12.1 Å². The third-order valence-electron chi connectivity index (χ3n) is 4.80. The quantitative estimate of drug-likeness (QED) is 0.224. The van der Waals surface area contributed by atoms with Crippen molar-refractivity contribution in [2.45, 2.75) is 31.1 Å². The van der Waals surface area contributed by atoms with Crippen LogP contribution in [0.4, 0.5) is 0 Å². The molecule has 4 rings (SSSR count). The van der Waals surface area contributed by atoms with Crippen LogP contribution in [0.5, 0.6) is 0 Å². The lowest BCUT2D eigenvalue weighted by Crippen LogP contribution is -2.03. The van der Waals surface area contributed by atoms with Gasteiger partial charge in [0, 0.05) is 16.7 Å². The Labute approximate surface area is 174 Å². The Morgan fingerprint density at radius 2 is 1.97 bits per heavy atom. The molecular formula is C23H23N3O2S. The van der Waals surface area contributed by atoms with Crippen molar-refractivity contribution in [1.29, 1.82) is 0 Å². The summed E-state index contributed by atoms with van der Waals surface area (Å²) < 4.78 is 7.01. The lowest BCUT2D eigenvalue weighted by molar-refractivity contribution is -0.143. The van der Waals surface area contributed by atoms with E-state index in [2.05, 4.69) is 58.7 Å². The van der Waals surface area contributed by atoms with Crippen molar-refractivity contribution in [3.05, 3.63) is 60.9 Å². The molecule has 148 valence electrons. The van der Waals surface area contributed by atoms with Crippen molar-refractivity contribution in [2.75, 3.05) is 12.4 Å². The molecule has 0 bridgehead atoms. The second kappa shape index (κ2) is 9.09. The van der Waals surface area contributed by atoms with Crippen LogP contribution in [-0.2, 0) is 9.53 Å². The van der Waals surface area contributed by atoms with Crippen LogP contribution in [0.25, 0.3) is 27.7 Å². The molecule has 0 saturated carbocycles. The van der Waals surface area contributed by atoms with E-state index in [-0.39, 0.29) is 5.97 Å². The molecule has 6 heteroatoms. The first kappa shape index (κ1) is 19.5. The van der Waals surface area contributed by atoms with Crippen LogP contribution in [0.2, 0.25) is 0 Å². The molecule has 29 heavy (non-hydrogen) atoms. The summed E-state index contributed by atoms with van der Waals surface area (Å²) in [7, 11) is 0. The van der Waals surface area contributed by atoms with Crippen molar-refractivity contribution in [2.24, 2.45) is 0 Å². The van der Waals surface area contributed by atoms with Gasteiger partial charge in [-0.15, -0.1) is 22.0 Å². The molecule has 2 heterocycles. The molecule has 0 N–H and O–H groups in total. The number of carbonyl (C=O) groups excluding carboxylic acids is 1. The molecule has 2 aromatic heterocycles. The second-order valence-corrected chi connectivity index (χ2v) is 7.94. The molecule has 0 aliphatic heterocycles. The minimum atomic E-state index is -0.105. The molecule has 2 aromatic carbocycles. The minimum Gasteiger partial charge on any atom is -0.466 e. The van der Waals surface area contributed by atoms with E-state index in [1.807, 2.05) is 17.4 Å². The first-order chi connectivity index (χ1) is 14.3. The number of pyridine rings is 1. The number of nitrogens with zero attached hydrogens (tertiary/aromatic N) is 3. The standard InChI is InChI=1S/C23H23N3O2S/c1-2-28-23(27)10-6-7-13-29-18-11-12-19-20(17-8-4-3-5-9-17)15-22-25-24-16-26(22)21(19)14-18/h3-5,8-9,11-12,14-16H,2,6-7,10,13H2,1H3. The summed E-state index contributed by atoms with van der Waals surface area (Å²) >= 11 is 1.81. The van der Waals surface area contributed by atoms with Crippen molar-refractivity contribution in [3.63, 3.8) is 0 Å². The number of aromatic nitrogens is 3. The first-order valence-corrected chi connectivity index (χ1v) is 10.8. The maximum Gasteiger partial charge on any atom is 0.305 e. The third kappa shape index (κ3) is 4.43. The summed E-state index contributed by atoms with van der Waals surface area (Å²) in [5.74, 6) is 0.862. The highest BCUT2D eigenvalue weighted by atomic mass is 32.2. The van der Waals surface area contributed by atoms with E-state index in [1.165, 1.54) is 15.8 Å². The van der Waals surface area contributed by atoms with Crippen LogP contribution < -0.4 is 0 Å². The smallest absolute Gasteiger partial charge is 0.305 e. The number of unbranched alkanes of at least 4 members (excludes halogenated alkanes) is 1. The fraction of sp³-hybridized carbons (Fsp3) is 0.261. The van der Waals surface area contributed by atoms with Gasteiger partial charge in [-0.1, -0.05) is 36.4 Å². The molecule has 0 atom stereocenters. The van der Waals surface area contributed by atoms with E-state index in [1.54, 1.807) is 18.1 Å². The van der Waals surface area contributed by atoms with Gasteiger partial charge in [0.1, 0.15) is 6.33 Å². The molecule has 0 amide bonds. The van der Waals surface area contributed by atoms with Gasteiger partial charge in [-0.05, 0) is 54.8 Å². The topological polar surface area (TPSA) is 56.5 Å². The third-order valence-corrected chi connectivity index (χ3v) is 5.88. The highest BCUT2D eigenvalue weighted by Crippen LogP contribution is 2.32. The van der Waals surface area contributed by atoms with Crippen LogP contribution >= 0.6 is 11.8 Å². The van der Waals surface area contributed by atoms with Gasteiger partial charge in [0.2, 0.25) is 0 Å².